The van der Waals surface area contributed by atoms with Crippen molar-refractivity contribution in [3.63, 3.8) is 0 Å². The molecule has 1 saturated heterocycles. The van der Waals surface area contributed by atoms with Crippen molar-refractivity contribution in [2.24, 2.45) is 0 Å². The molecule has 0 N–H and O–H groups in total. The molecule has 0 bridgehead atoms. The predicted octanol–water partition coefficient (Wildman–Crippen LogP) is 5.89. The molecule has 4 rings (SSSR count). The molecule has 1 heterocycles. The first-order valence-corrected chi connectivity index (χ1v) is 9.87. The van der Waals surface area contributed by atoms with Gasteiger partial charge in [-0.1, -0.05) is 97.1 Å². The van der Waals surface area contributed by atoms with Crippen LogP contribution in [0.4, 0.5) is 4.79 Å². The molecule has 0 unspecified atom stereocenters. The highest BCUT2D eigenvalue weighted by Crippen LogP contribution is 2.27. The lowest BCUT2D eigenvalue weighted by atomic mass is 10.1. The van der Waals surface area contributed by atoms with Crippen LogP contribution in [0.1, 0.15) is 30.0 Å². The SMILES string of the molecule is O=C1OC[C@@H](c2ccccc2)N1CCCCc1ccccc1.c1ccccc1. The lowest BCUT2D eigenvalue weighted by Crippen LogP contribution is -2.28. The van der Waals surface area contributed by atoms with Crippen LogP contribution < -0.4 is 0 Å². The monoisotopic (exact) mass is 373 g/mol. The van der Waals surface area contributed by atoms with Crippen molar-refractivity contribution in [2.75, 3.05) is 13.2 Å². The predicted molar refractivity (Wildman–Crippen MR) is 113 cm³/mol. The summed E-state index contributed by atoms with van der Waals surface area (Å²) in [4.78, 5) is 13.8. The second-order valence-electron chi connectivity index (χ2n) is 6.79. The lowest BCUT2D eigenvalue weighted by Gasteiger charge is -2.21. The zero-order valence-corrected chi connectivity index (χ0v) is 16.1. The fourth-order valence-electron chi connectivity index (χ4n) is 3.29. The first-order valence-electron chi connectivity index (χ1n) is 9.87. The van der Waals surface area contributed by atoms with Crippen LogP contribution in [-0.4, -0.2) is 24.1 Å². The fourth-order valence-corrected chi connectivity index (χ4v) is 3.29. The Labute approximate surface area is 167 Å². The lowest BCUT2D eigenvalue weighted by molar-refractivity contribution is 0.157. The normalized spacial score (nSPS) is 15.5. The van der Waals surface area contributed by atoms with E-state index >= 15 is 0 Å². The van der Waals surface area contributed by atoms with Crippen molar-refractivity contribution in [1.29, 1.82) is 0 Å². The van der Waals surface area contributed by atoms with E-state index in [1.807, 2.05) is 65.6 Å². The summed E-state index contributed by atoms with van der Waals surface area (Å²) >= 11 is 0. The largest absolute Gasteiger partial charge is 0.447 e. The Morgan fingerprint density at radius 3 is 1.89 bits per heavy atom. The van der Waals surface area contributed by atoms with Crippen molar-refractivity contribution >= 4 is 6.09 Å². The minimum Gasteiger partial charge on any atom is -0.447 e. The summed E-state index contributed by atoms with van der Waals surface area (Å²) < 4.78 is 5.23. The Kier molecular flexibility index (Phi) is 7.68. The quantitative estimate of drug-likeness (QED) is 0.504. The average molecular weight is 373 g/mol. The maximum absolute atomic E-state index is 11.9. The Morgan fingerprint density at radius 2 is 1.29 bits per heavy atom. The Hall–Kier alpha value is -3.07. The number of hydrogen-bond acceptors (Lipinski definition) is 2. The number of cyclic esters (lactones) is 1. The molecule has 28 heavy (non-hydrogen) atoms. The molecule has 3 aromatic carbocycles. The van der Waals surface area contributed by atoms with E-state index in [9.17, 15) is 4.79 Å². The molecule has 1 aliphatic heterocycles. The maximum Gasteiger partial charge on any atom is 0.410 e. The van der Waals surface area contributed by atoms with E-state index in [-0.39, 0.29) is 12.1 Å². The molecule has 0 aliphatic carbocycles. The zero-order valence-electron chi connectivity index (χ0n) is 16.1. The van der Waals surface area contributed by atoms with Crippen LogP contribution in [0, 0.1) is 0 Å². The third-order valence-corrected chi connectivity index (χ3v) is 4.78. The number of aryl methyl sites for hydroxylation is 1. The van der Waals surface area contributed by atoms with Gasteiger partial charge in [0.15, 0.2) is 0 Å². The summed E-state index contributed by atoms with van der Waals surface area (Å²) in [6, 6.07) is 32.7. The van der Waals surface area contributed by atoms with E-state index in [1.54, 1.807) is 0 Å². The summed E-state index contributed by atoms with van der Waals surface area (Å²) in [7, 11) is 0. The van der Waals surface area contributed by atoms with Crippen LogP contribution in [0.15, 0.2) is 97.1 Å². The van der Waals surface area contributed by atoms with Crippen LogP contribution in [-0.2, 0) is 11.2 Å². The van der Waals surface area contributed by atoms with Crippen LogP contribution in [0.25, 0.3) is 0 Å². The molecule has 0 spiro atoms. The Balaban J connectivity index is 0.000000320. The number of amides is 1. The Bertz CT molecular complexity index is 779. The number of hydrogen-bond donors (Lipinski definition) is 0. The number of carbonyl (C=O) groups excluding carboxylic acids is 1. The van der Waals surface area contributed by atoms with Gasteiger partial charge >= 0.3 is 6.09 Å². The molecule has 1 fully saturated rings. The smallest absolute Gasteiger partial charge is 0.410 e. The maximum atomic E-state index is 11.9. The summed E-state index contributed by atoms with van der Waals surface area (Å²) in [6.07, 6.45) is 2.94. The molecule has 0 radical (unpaired) electrons. The van der Waals surface area contributed by atoms with E-state index in [1.165, 1.54) is 5.56 Å². The molecule has 0 aromatic heterocycles. The van der Waals surface area contributed by atoms with Gasteiger partial charge in [0, 0.05) is 6.54 Å². The van der Waals surface area contributed by atoms with Gasteiger partial charge in [-0.25, -0.2) is 4.79 Å². The molecule has 3 nitrogen and oxygen atoms in total. The third-order valence-electron chi connectivity index (χ3n) is 4.78. The van der Waals surface area contributed by atoms with Crippen molar-refractivity contribution in [3.8, 4) is 0 Å². The number of benzene rings is 3. The van der Waals surface area contributed by atoms with Gasteiger partial charge in [0.05, 0.1) is 6.04 Å². The van der Waals surface area contributed by atoms with E-state index in [0.29, 0.717) is 6.61 Å². The van der Waals surface area contributed by atoms with Gasteiger partial charge in [0.2, 0.25) is 0 Å². The van der Waals surface area contributed by atoms with E-state index < -0.39 is 0 Å². The van der Waals surface area contributed by atoms with Crippen LogP contribution in [0.2, 0.25) is 0 Å². The molecule has 1 aliphatic rings. The summed E-state index contributed by atoms with van der Waals surface area (Å²) in [5, 5.41) is 0. The van der Waals surface area contributed by atoms with E-state index in [2.05, 4.69) is 36.4 Å². The van der Waals surface area contributed by atoms with E-state index in [0.717, 1.165) is 31.4 Å². The first-order chi connectivity index (χ1) is 13.8. The molecule has 1 atom stereocenters. The van der Waals surface area contributed by atoms with Gasteiger partial charge in [0.1, 0.15) is 6.61 Å². The molecule has 1 amide bonds. The second kappa shape index (κ2) is 10.9. The summed E-state index contributed by atoms with van der Waals surface area (Å²) in [6.45, 7) is 1.22. The molecular weight excluding hydrogens is 346 g/mol. The number of rotatable bonds is 6. The molecule has 0 saturated carbocycles. The average Bonchev–Trinajstić information content (AvgIpc) is 3.15. The highest BCUT2D eigenvalue weighted by molar-refractivity contribution is 5.70. The standard InChI is InChI=1S/C19H21NO2.C6H6/c21-19-20(14-8-7-11-16-9-3-1-4-10-16)18(15-22-19)17-12-5-2-6-13-17;1-2-4-6-5-3-1/h1-6,9-10,12-13,18H,7-8,11,14-15H2;1-6H/t18-;/m0./s1. The topological polar surface area (TPSA) is 29.5 Å². The van der Waals surface area contributed by atoms with Crippen molar-refractivity contribution in [3.05, 3.63) is 108 Å². The number of ether oxygens (including phenoxy) is 1. The number of carbonyl (C=O) groups is 1. The number of unbranched alkanes of at least 4 members (excludes halogenated alkanes) is 1. The molecule has 3 heteroatoms. The molecule has 144 valence electrons. The van der Waals surface area contributed by atoms with Crippen LogP contribution in [0.5, 0.6) is 0 Å². The Morgan fingerprint density at radius 1 is 0.750 bits per heavy atom. The van der Waals surface area contributed by atoms with Crippen molar-refractivity contribution < 1.29 is 9.53 Å². The van der Waals surface area contributed by atoms with Crippen LogP contribution in [0.3, 0.4) is 0 Å². The highest BCUT2D eigenvalue weighted by atomic mass is 16.6. The minimum absolute atomic E-state index is 0.0606. The minimum atomic E-state index is -0.187. The van der Waals surface area contributed by atoms with Gasteiger partial charge < -0.3 is 4.74 Å². The zero-order chi connectivity index (χ0) is 19.4. The second-order valence-corrected chi connectivity index (χ2v) is 6.79. The molecular formula is C25H27NO2. The van der Waals surface area contributed by atoms with Crippen LogP contribution >= 0.6 is 0 Å². The van der Waals surface area contributed by atoms with Crippen molar-refractivity contribution in [2.45, 2.75) is 25.3 Å². The third kappa shape index (κ3) is 5.98. The highest BCUT2D eigenvalue weighted by Gasteiger charge is 2.33. The summed E-state index contributed by atoms with van der Waals surface area (Å²) in [5.41, 5.74) is 2.50. The van der Waals surface area contributed by atoms with Gasteiger partial charge in [-0.2, -0.15) is 0 Å². The van der Waals surface area contributed by atoms with Gasteiger partial charge in [-0.3, -0.25) is 4.90 Å². The van der Waals surface area contributed by atoms with Gasteiger partial charge in [0.25, 0.3) is 0 Å². The van der Waals surface area contributed by atoms with Gasteiger partial charge in [-0.15, -0.1) is 0 Å². The van der Waals surface area contributed by atoms with E-state index in [4.69, 9.17) is 4.74 Å². The van der Waals surface area contributed by atoms with Crippen molar-refractivity contribution in [1.82, 2.24) is 4.90 Å². The fraction of sp³-hybridized carbons (Fsp3) is 0.240. The number of nitrogens with zero attached hydrogens (tertiary/aromatic N) is 1. The summed E-state index contributed by atoms with van der Waals surface area (Å²) in [5.74, 6) is 0. The molecule has 3 aromatic rings. The first kappa shape index (κ1) is 19.7. The van der Waals surface area contributed by atoms with Gasteiger partial charge in [-0.05, 0) is 30.4 Å².